The molecule has 2 N–H and O–H groups in total. The first-order chi connectivity index (χ1) is 11.0. The molecular formula is C14H16N4O4S. The maximum Gasteiger partial charge on any atom is 0.263 e. The molecule has 0 bridgehead atoms. The lowest BCUT2D eigenvalue weighted by molar-refractivity contribution is -0.115. The Balaban J connectivity index is 2.21. The van der Waals surface area contributed by atoms with Crippen molar-refractivity contribution in [1.29, 1.82) is 0 Å². The minimum absolute atomic E-state index is 0.00152. The summed E-state index contributed by atoms with van der Waals surface area (Å²) in [5.41, 5.74) is 0.521. The zero-order valence-corrected chi connectivity index (χ0v) is 13.4. The number of benzene rings is 1. The quantitative estimate of drug-likeness (QED) is 0.829. The van der Waals surface area contributed by atoms with Gasteiger partial charge in [0.15, 0.2) is 0 Å². The molecule has 0 aliphatic rings. The average molecular weight is 336 g/mol. The summed E-state index contributed by atoms with van der Waals surface area (Å²) in [6.07, 6.45) is 3.08. The number of rotatable bonds is 6. The van der Waals surface area contributed by atoms with E-state index in [4.69, 9.17) is 4.74 Å². The molecule has 122 valence electrons. The topological polar surface area (TPSA) is 110 Å². The number of sulfonamides is 1. The van der Waals surface area contributed by atoms with Gasteiger partial charge in [0.2, 0.25) is 11.7 Å². The third kappa shape index (κ3) is 4.16. The Morgan fingerprint density at radius 1 is 1.17 bits per heavy atom. The number of hydrogen-bond donors (Lipinski definition) is 2. The van der Waals surface area contributed by atoms with Crippen molar-refractivity contribution in [3.05, 3.63) is 36.7 Å². The predicted molar refractivity (Wildman–Crippen MR) is 84.8 cm³/mol. The second-order valence-electron chi connectivity index (χ2n) is 4.45. The SMILES string of the molecule is CCC(=O)Nc1ccc(S(=O)(=O)Nc2nccnc2OC)cc1. The number of amides is 1. The van der Waals surface area contributed by atoms with Gasteiger partial charge >= 0.3 is 0 Å². The molecule has 0 spiro atoms. The van der Waals surface area contributed by atoms with Crippen LogP contribution in [0.3, 0.4) is 0 Å². The van der Waals surface area contributed by atoms with Gasteiger partial charge < -0.3 is 10.1 Å². The van der Waals surface area contributed by atoms with Gasteiger partial charge in [-0.25, -0.2) is 18.4 Å². The first kappa shape index (κ1) is 16.7. The van der Waals surface area contributed by atoms with E-state index in [-0.39, 0.29) is 22.5 Å². The van der Waals surface area contributed by atoms with Gasteiger partial charge in [-0.2, -0.15) is 0 Å². The normalized spacial score (nSPS) is 10.9. The Bertz CT molecular complexity index is 791. The fraction of sp³-hybridized carbons (Fsp3) is 0.214. The van der Waals surface area contributed by atoms with Crippen LogP contribution < -0.4 is 14.8 Å². The van der Waals surface area contributed by atoms with E-state index in [0.29, 0.717) is 12.1 Å². The summed E-state index contributed by atoms with van der Waals surface area (Å²) < 4.78 is 31.9. The van der Waals surface area contributed by atoms with Crippen LogP contribution in [-0.2, 0) is 14.8 Å². The maximum atomic E-state index is 12.3. The predicted octanol–water partition coefficient (Wildman–Crippen LogP) is 1.63. The first-order valence-electron chi connectivity index (χ1n) is 6.74. The molecule has 0 aliphatic carbocycles. The van der Waals surface area contributed by atoms with E-state index >= 15 is 0 Å². The minimum Gasteiger partial charge on any atom is -0.478 e. The van der Waals surface area contributed by atoms with Gasteiger partial charge in [0.1, 0.15) is 0 Å². The van der Waals surface area contributed by atoms with Gasteiger partial charge in [-0.3, -0.25) is 9.52 Å². The molecule has 0 saturated carbocycles. The van der Waals surface area contributed by atoms with E-state index in [1.54, 1.807) is 6.92 Å². The van der Waals surface area contributed by atoms with Crippen LogP contribution in [0.15, 0.2) is 41.6 Å². The monoisotopic (exact) mass is 336 g/mol. The van der Waals surface area contributed by atoms with Crippen LogP contribution in [0.5, 0.6) is 5.88 Å². The number of ether oxygens (including phenoxy) is 1. The molecule has 1 heterocycles. The highest BCUT2D eigenvalue weighted by Gasteiger charge is 2.18. The molecule has 0 atom stereocenters. The summed E-state index contributed by atoms with van der Waals surface area (Å²) in [4.78, 5) is 19.1. The average Bonchev–Trinajstić information content (AvgIpc) is 2.55. The number of nitrogens with one attached hydrogen (secondary N) is 2. The number of aromatic nitrogens is 2. The molecule has 0 unspecified atom stereocenters. The van der Waals surface area contributed by atoms with Crippen molar-refractivity contribution in [2.75, 3.05) is 17.1 Å². The standard InChI is InChI=1S/C14H16N4O4S/c1-3-12(19)17-10-4-6-11(7-5-10)23(20,21)18-13-14(22-2)16-9-8-15-13/h4-9H,3H2,1-2H3,(H,15,18)(H,17,19). The van der Waals surface area contributed by atoms with Crippen molar-refractivity contribution in [3.63, 3.8) is 0 Å². The van der Waals surface area contributed by atoms with Crippen LogP contribution >= 0.6 is 0 Å². The summed E-state index contributed by atoms with van der Waals surface area (Å²) in [7, 11) is -2.47. The second kappa shape index (κ2) is 7.05. The van der Waals surface area contributed by atoms with E-state index in [1.807, 2.05) is 0 Å². The van der Waals surface area contributed by atoms with Gasteiger partial charge in [0.25, 0.3) is 15.9 Å². The van der Waals surface area contributed by atoms with Crippen molar-refractivity contribution in [1.82, 2.24) is 9.97 Å². The van der Waals surface area contributed by atoms with Crippen LogP contribution in [0.25, 0.3) is 0 Å². The largest absolute Gasteiger partial charge is 0.478 e. The fourth-order valence-corrected chi connectivity index (χ4v) is 2.70. The summed E-state index contributed by atoms with van der Waals surface area (Å²) in [5.74, 6) is -0.0794. The molecule has 0 radical (unpaired) electrons. The van der Waals surface area contributed by atoms with E-state index in [1.165, 1.54) is 43.8 Å². The van der Waals surface area contributed by atoms with Gasteiger partial charge in [0, 0.05) is 24.5 Å². The Kier molecular flexibility index (Phi) is 5.12. The highest BCUT2D eigenvalue weighted by Crippen LogP contribution is 2.22. The number of anilines is 2. The Morgan fingerprint density at radius 3 is 2.43 bits per heavy atom. The molecule has 1 aromatic heterocycles. The molecule has 2 rings (SSSR count). The number of carbonyl (C=O) groups is 1. The molecule has 0 aliphatic heterocycles. The highest BCUT2D eigenvalue weighted by atomic mass is 32.2. The van der Waals surface area contributed by atoms with Crippen LogP contribution in [0.2, 0.25) is 0 Å². The minimum atomic E-state index is -3.84. The molecular weight excluding hydrogens is 320 g/mol. The lowest BCUT2D eigenvalue weighted by Gasteiger charge is -2.10. The van der Waals surface area contributed by atoms with Crippen molar-refractivity contribution >= 4 is 27.4 Å². The molecule has 8 nitrogen and oxygen atoms in total. The second-order valence-corrected chi connectivity index (χ2v) is 6.13. The zero-order valence-electron chi connectivity index (χ0n) is 12.6. The maximum absolute atomic E-state index is 12.3. The Hall–Kier alpha value is -2.68. The third-order valence-corrected chi connectivity index (χ3v) is 4.21. The lowest BCUT2D eigenvalue weighted by Crippen LogP contribution is -2.15. The van der Waals surface area contributed by atoms with Gasteiger partial charge in [0.05, 0.1) is 12.0 Å². The third-order valence-electron chi connectivity index (χ3n) is 2.86. The molecule has 9 heteroatoms. The Morgan fingerprint density at radius 2 is 1.83 bits per heavy atom. The summed E-state index contributed by atoms with van der Waals surface area (Å²) >= 11 is 0. The fourth-order valence-electron chi connectivity index (χ4n) is 1.70. The molecule has 1 amide bonds. The van der Waals surface area contributed by atoms with Crippen molar-refractivity contribution in [2.24, 2.45) is 0 Å². The summed E-state index contributed by atoms with van der Waals surface area (Å²) in [6, 6.07) is 5.79. The number of methoxy groups -OCH3 is 1. The first-order valence-corrected chi connectivity index (χ1v) is 8.22. The highest BCUT2D eigenvalue weighted by molar-refractivity contribution is 7.92. The van der Waals surface area contributed by atoms with Crippen molar-refractivity contribution < 1.29 is 17.9 Å². The summed E-state index contributed by atoms with van der Waals surface area (Å²) in [6.45, 7) is 1.73. The lowest BCUT2D eigenvalue weighted by atomic mass is 10.3. The van der Waals surface area contributed by atoms with Crippen molar-refractivity contribution in [2.45, 2.75) is 18.2 Å². The zero-order chi connectivity index (χ0) is 16.9. The van der Waals surface area contributed by atoms with Gasteiger partial charge in [-0.15, -0.1) is 0 Å². The van der Waals surface area contributed by atoms with E-state index < -0.39 is 10.0 Å². The number of carbonyl (C=O) groups excluding carboxylic acids is 1. The Labute approximate surface area is 134 Å². The molecule has 2 aromatic rings. The van der Waals surface area contributed by atoms with Crippen LogP contribution in [0, 0.1) is 0 Å². The number of hydrogen-bond acceptors (Lipinski definition) is 6. The molecule has 1 aromatic carbocycles. The van der Waals surface area contributed by atoms with E-state index in [2.05, 4.69) is 20.0 Å². The van der Waals surface area contributed by atoms with Crippen LogP contribution in [0.4, 0.5) is 11.5 Å². The van der Waals surface area contributed by atoms with Gasteiger partial charge in [-0.05, 0) is 24.3 Å². The van der Waals surface area contributed by atoms with Gasteiger partial charge in [-0.1, -0.05) is 6.92 Å². The molecule has 23 heavy (non-hydrogen) atoms. The number of nitrogens with zero attached hydrogens (tertiary/aromatic N) is 2. The van der Waals surface area contributed by atoms with E-state index in [0.717, 1.165) is 0 Å². The van der Waals surface area contributed by atoms with Crippen LogP contribution in [0.1, 0.15) is 13.3 Å². The smallest absolute Gasteiger partial charge is 0.263 e. The summed E-state index contributed by atoms with van der Waals surface area (Å²) in [5, 5.41) is 2.64. The molecule has 0 saturated heterocycles. The van der Waals surface area contributed by atoms with Crippen LogP contribution in [-0.4, -0.2) is 31.4 Å². The van der Waals surface area contributed by atoms with Crippen molar-refractivity contribution in [3.8, 4) is 5.88 Å². The van der Waals surface area contributed by atoms with E-state index in [9.17, 15) is 13.2 Å². The molecule has 0 fully saturated rings.